The van der Waals surface area contributed by atoms with Crippen LogP contribution in [0.2, 0.25) is 0 Å². The molecule has 0 N–H and O–H groups in total. The molecule has 0 aromatic heterocycles. The van der Waals surface area contributed by atoms with E-state index < -0.39 is 0 Å². The second-order valence-electron chi connectivity index (χ2n) is 30.5. The number of benzene rings is 18. The topological polar surface area (TPSA) is 13.0 Å². The number of rotatable bonds is 13. The van der Waals surface area contributed by atoms with E-state index in [1.165, 1.54) is 43.9 Å². The van der Waals surface area contributed by atoms with E-state index in [-0.39, 0.29) is 13.4 Å². The Bertz CT molecular complexity index is 6610. The SMILES string of the molecule is Cc1cccc(-c2ccccc2)c1N1c2ccccc2B2c3cc4c(cc3N(c3c(-c5ccccc5)cccc3-c3ccccc3)c3cc(-c5ccccc5)cc1c32)N(c1c(-c2ccccc2)cccc1-c1ccccc1)c1cc(-c2ccccc2)cc2c1B4c1ccccc1N2c1c(-c2ccccc2)cccc1-c1ccccc1. The summed E-state index contributed by atoms with van der Waals surface area (Å²) in [5, 5.41) is 0. The summed E-state index contributed by atoms with van der Waals surface area (Å²) in [6, 6.07) is 162. The van der Waals surface area contributed by atoms with Gasteiger partial charge in [0.15, 0.2) is 0 Å². The fraction of sp³-hybridized carbons (Fsp3) is 0.00917. The molecule has 0 unspecified atom stereocenters. The Balaban J connectivity index is 0.935. The summed E-state index contributed by atoms with van der Waals surface area (Å²) >= 11 is 0. The highest BCUT2D eigenvalue weighted by Gasteiger charge is 2.50. The van der Waals surface area contributed by atoms with E-state index in [2.05, 4.69) is 457 Å². The fourth-order valence-corrected chi connectivity index (χ4v) is 19.2. The van der Waals surface area contributed by atoms with Crippen molar-refractivity contribution in [2.45, 2.75) is 6.92 Å². The molecule has 0 aliphatic carbocycles. The average molecular weight is 1460 g/mol. The number of nitrogens with zero attached hydrogens (tertiary/aromatic N) is 4. The van der Waals surface area contributed by atoms with Gasteiger partial charge in [-0.05, 0) is 149 Å². The van der Waals surface area contributed by atoms with Gasteiger partial charge < -0.3 is 19.6 Å². The highest BCUT2D eigenvalue weighted by Crippen LogP contribution is 2.58. The van der Waals surface area contributed by atoms with Gasteiger partial charge in [-0.15, -0.1) is 0 Å². The Morgan fingerprint density at radius 2 is 0.383 bits per heavy atom. The maximum Gasteiger partial charge on any atom is 0.252 e. The first-order chi connectivity index (χ1) is 57.1. The number of para-hydroxylation sites is 6. The van der Waals surface area contributed by atoms with Gasteiger partial charge in [-0.2, -0.15) is 0 Å². The molecular weight excluding hydrogens is 1390 g/mol. The van der Waals surface area contributed by atoms with E-state index in [1.807, 2.05) is 0 Å². The first kappa shape index (κ1) is 67.2. The van der Waals surface area contributed by atoms with Gasteiger partial charge in [-0.1, -0.05) is 388 Å². The molecule has 0 radical (unpaired) electrons. The van der Waals surface area contributed by atoms with Gasteiger partial charge in [-0.3, -0.25) is 0 Å². The minimum atomic E-state index is -0.311. The van der Waals surface area contributed by atoms with E-state index in [9.17, 15) is 0 Å². The lowest BCUT2D eigenvalue weighted by molar-refractivity contribution is 1.23. The molecule has 6 heteroatoms. The third-order valence-corrected chi connectivity index (χ3v) is 24.1. The van der Waals surface area contributed by atoms with Crippen molar-refractivity contribution in [3.8, 4) is 100 Å². The van der Waals surface area contributed by atoms with Gasteiger partial charge in [-0.25, -0.2) is 0 Å². The van der Waals surface area contributed by atoms with E-state index in [4.69, 9.17) is 0 Å². The van der Waals surface area contributed by atoms with Crippen LogP contribution in [-0.4, -0.2) is 13.4 Å². The fourth-order valence-electron chi connectivity index (χ4n) is 19.2. The maximum atomic E-state index is 2.73. The van der Waals surface area contributed by atoms with Crippen molar-refractivity contribution in [1.29, 1.82) is 0 Å². The molecule has 0 saturated carbocycles. The van der Waals surface area contributed by atoms with Crippen molar-refractivity contribution < 1.29 is 0 Å². The Kier molecular flexibility index (Phi) is 16.3. The van der Waals surface area contributed by atoms with Crippen molar-refractivity contribution in [3.63, 3.8) is 0 Å². The van der Waals surface area contributed by atoms with Crippen molar-refractivity contribution in [2.75, 3.05) is 19.6 Å². The van der Waals surface area contributed by atoms with Crippen LogP contribution in [0, 0.1) is 6.92 Å². The van der Waals surface area contributed by atoms with Crippen LogP contribution in [-0.2, 0) is 0 Å². The Morgan fingerprint density at radius 1 is 0.157 bits per heavy atom. The molecule has 0 atom stereocenters. The number of hydrogen-bond donors (Lipinski definition) is 0. The first-order valence-corrected chi connectivity index (χ1v) is 40.0. The van der Waals surface area contributed by atoms with Gasteiger partial charge >= 0.3 is 0 Å². The van der Waals surface area contributed by atoms with E-state index >= 15 is 0 Å². The molecular formula is C109H74B2N4. The van der Waals surface area contributed by atoms with Gasteiger partial charge in [0.05, 0.1) is 22.7 Å². The molecule has 115 heavy (non-hydrogen) atoms. The molecule has 0 amide bonds. The molecule has 4 aliphatic heterocycles. The van der Waals surface area contributed by atoms with Crippen molar-refractivity contribution >= 4 is 114 Å². The Labute approximate surface area is 672 Å². The second kappa shape index (κ2) is 27.9. The molecule has 4 aliphatic rings. The molecule has 536 valence electrons. The Morgan fingerprint density at radius 3 is 0.670 bits per heavy atom. The van der Waals surface area contributed by atoms with Crippen molar-refractivity contribution in [3.05, 3.63) is 436 Å². The summed E-state index contributed by atoms with van der Waals surface area (Å²) < 4.78 is 0. The molecule has 0 spiro atoms. The van der Waals surface area contributed by atoms with Gasteiger partial charge in [0.2, 0.25) is 0 Å². The van der Waals surface area contributed by atoms with E-state index in [1.54, 1.807) is 0 Å². The zero-order valence-corrected chi connectivity index (χ0v) is 63.4. The minimum absolute atomic E-state index is 0.292. The lowest BCUT2D eigenvalue weighted by Gasteiger charge is -2.48. The standard InChI is InChI=1S/C109H74B2N4/c1-73-37-33-56-85(76-42-15-4-16-43-76)106(73)112-96-65-31-29-63-92(96)110-94-71-95-99(72-98(94)114(102-69-83(67-100(112)104(102)110)74-38-11-2-12-39-74)108-88(79-48-21-7-22-49-79)59-35-60-89(108)80-50-23-8-24-51-80)115(109-90(81-52-25-9-26-53-81)61-36-62-91(109)82-54-27-10-28-55-82)103-70-84(75-40-13-3-14-41-75)68-101-105(103)111(95)93-64-30-32-66-97(93)113(101)107-86(77-44-17-5-18-45-77)57-34-58-87(107)78-46-19-6-20-47-78/h2-72H,1H3. The molecule has 4 nitrogen and oxygen atoms in total. The first-order valence-electron chi connectivity index (χ1n) is 40.0. The van der Waals surface area contributed by atoms with Crippen LogP contribution >= 0.6 is 0 Å². The molecule has 4 heterocycles. The van der Waals surface area contributed by atoms with Crippen LogP contribution in [0.15, 0.2) is 431 Å². The number of fused-ring (bicyclic) bond motifs is 8. The van der Waals surface area contributed by atoms with Gasteiger partial charge in [0, 0.05) is 84.4 Å². The van der Waals surface area contributed by atoms with Crippen molar-refractivity contribution in [1.82, 2.24) is 0 Å². The quantitative estimate of drug-likeness (QED) is 0.107. The van der Waals surface area contributed by atoms with Crippen LogP contribution in [0.25, 0.3) is 100 Å². The van der Waals surface area contributed by atoms with Crippen molar-refractivity contribution in [2.24, 2.45) is 0 Å². The predicted octanol–water partition coefficient (Wildman–Crippen LogP) is 25.2. The largest absolute Gasteiger partial charge is 0.311 e. The average Bonchev–Trinajstić information content (AvgIpc) is 0.677. The number of anilines is 12. The molecule has 0 fully saturated rings. The monoisotopic (exact) mass is 1460 g/mol. The van der Waals surface area contributed by atoms with Gasteiger partial charge in [0.25, 0.3) is 13.4 Å². The predicted molar refractivity (Wildman–Crippen MR) is 488 cm³/mol. The third kappa shape index (κ3) is 11.1. The molecule has 22 rings (SSSR count). The zero-order chi connectivity index (χ0) is 76.0. The van der Waals surface area contributed by atoms with Crippen LogP contribution < -0.4 is 52.4 Å². The summed E-state index contributed by atoms with van der Waals surface area (Å²) in [6.45, 7) is 1.69. The summed E-state index contributed by atoms with van der Waals surface area (Å²) in [5.41, 5.74) is 42.2. The van der Waals surface area contributed by atoms with Crippen LogP contribution in [0.1, 0.15) is 5.56 Å². The van der Waals surface area contributed by atoms with E-state index in [0.29, 0.717) is 0 Å². The van der Waals surface area contributed by atoms with Crippen LogP contribution in [0.5, 0.6) is 0 Å². The lowest BCUT2D eigenvalue weighted by atomic mass is 9.30. The smallest absolute Gasteiger partial charge is 0.252 e. The number of hydrogen-bond acceptors (Lipinski definition) is 4. The molecule has 18 aromatic carbocycles. The normalized spacial score (nSPS) is 12.6. The zero-order valence-electron chi connectivity index (χ0n) is 63.4. The summed E-state index contributed by atoms with van der Waals surface area (Å²) in [6.07, 6.45) is 0. The summed E-state index contributed by atoms with van der Waals surface area (Å²) in [7, 11) is 0. The third-order valence-electron chi connectivity index (χ3n) is 24.1. The molecule has 0 bridgehead atoms. The van der Waals surface area contributed by atoms with Gasteiger partial charge in [0.1, 0.15) is 0 Å². The highest BCUT2D eigenvalue weighted by molar-refractivity contribution is 7.03. The summed E-state index contributed by atoms with van der Waals surface area (Å²) in [5.74, 6) is 0. The molecule has 0 saturated heterocycles. The second-order valence-corrected chi connectivity index (χ2v) is 30.5. The minimum Gasteiger partial charge on any atom is -0.311 e. The highest BCUT2D eigenvalue weighted by atomic mass is 15.2. The lowest BCUT2D eigenvalue weighted by Crippen LogP contribution is -2.65. The van der Waals surface area contributed by atoms with E-state index in [0.717, 1.165) is 163 Å². The number of aryl methyl sites for hydroxylation is 1. The van der Waals surface area contributed by atoms with Crippen LogP contribution in [0.3, 0.4) is 0 Å². The maximum absolute atomic E-state index is 2.73. The Hall–Kier alpha value is -14.7. The summed E-state index contributed by atoms with van der Waals surface area (Å²) in [4.78, 5) is 10.8. The molecule has 18 aromatic rings. The van der Waals surface area contributed by atoms with Crippen LogP contribution in [0.4, 0.5) is 68.2 Å².